The molecular weight excluding hydrogens is 238 g/mol. The summed E-state index contributed by atoms with van der Waals surface area (Å²) < 4.78 is 0. The Morgan fingerprint density at radius 3 is 2.62 bits per heavy atom. The summed E-state index contributed by atoms with van der Waals surface area (Å²) in [5.74, 6) is -0.909. The molecule has 0 aliphatic rings. The Kier molecular flexibility index (Phi) is 6.58. The Bertz CT molecular complexity index is 184. The van der Waals surface area contributed by atoms with E-state index in [0.717, 1.165) is 6.42 Å². The minimum atomic E-state index is -0.833. The van der Waals surface area contributed by atoms with Gasteiger partial charge in [-0.25, -0.2) is 0 Å². The van der Waals surface area contributed by atoms with E-state index in [4.69, 9.17) is 5.11 Å². The van der Waals surface area contributed by atoms with Crippen LogP contribution in [0.3, 0.4) is 0 Å². The van der Waals surface area contributed by atoms with E-state index >= 15 is 0 Å². The van der Waals surface area contributed by atoms with E-state index in [1.54, 1.807) is 0 Å². The lowest BCUT2D eigenvalue weighted by Gasteiger charge is -2.07. The van der Waals surface area contributed by atoms with E-state index in [2.05, 4.69) is 21.2 Å². The van der Waals surface area contributed by atoms with Gasteiger partial charge < -0.3 is 10.4 Å². The van der Waals surface area contributed by atoms with Crippen LogP contribution in [-0.4, -0.2) is 28.4 Å². The molecule has 0 aliphatic carbocycles. The van der Waals surface area contributed by atoms with Gasteiger partial charge in [0.1, 0.15) is 0 Å². The second-order valence-corrected chi connectivity index (χ2v) is 3.77. The van der Waals surface area contributed by atoms with Crippen molar-refractivity contribution in [2.24, 2.45) is 0 Å². The van der Waals surface area contributed by atoms with E-state index < -0.39 is 5.97 Å². The quantitative estimate of drug-likeness (QED) is 0.550. The molecular formula is C8H14BrNO3. The summed E-state index contributed by atoms with van der Waals surface area (Å²) in [7, 11) is 0. The summed E-state index contributed by atoms with van der Waals surface area (Å²) in [6.07, 6.45) is 1.30. The van der Waals surface area contributed by atoms with Gasteiger partial charge in [-0.3, -0.25) is 9.59 Å². The van der Waals surface area contributed by atoms with Crippen molar-refractivity contribution < 1.29 is 14.7 Å². The summed E-state index contributed by atoms with van der Waals surface area (Å²) in [6.45, 7) is 2.32. The predicted molar refractivity (Wildman–Crippen MR) is 52.9 cm³/mol. The molecule has 5 heteroatoms. The molecule has 2 N–H and O–H groups in total. The molecule has 13 heavy (non-hydrogen) atoms. The number of alkyl halides is 1. The zero-order valence-electron chi connectivity index (χ0n) is 7.55. The van der Waals surface area contributed by atoms with Crippen molar-refractivity contribution in [2.75, 3.05) is 6.54 Å². The zero-order valence-corrected chi connectivity index (χ0v) is 9.13. The molecule has 0 rings (SSSR count). The molecule has 1 unspecified atom stereocenters. The third-order valence-corrected chi connectivity index (χ3v) is 2.57. The molecule has 0 fully saturated rings. The van der Waals surface area contributed by atoms with Crippen LogP contribution < -0.4 is 5.32 Å². The summed E-state index contributed by atoms with van der Waals surface area (Å²) in [6, 6.07) is 0. The first-order valence-corrected chi connectivity index (χ1v) is 5.13. The van der Waals surface area contributed by atoms with E-state index in [-0.39, 0.29) is 17.2 Å². The number of carboxylic acids is 1. The van der Waals surface area contributed by atoms with Crippen molar-refractivity contribution in [3.05, 3.63) is 0 Å². The molecule has 0 aliphatic heterocycles. The predicted octanol–water partition coefficient (Wildman–Crippen LogP) is 1.14. The standard InChI is InChI=1S/C8H14BrNO3/c1-2-6(9)8(13)10-5-3-4-7(11)12/h6H,2-5H2,1H3,(H,10,13)(H,11,12). The minimum Gasteiger partial charge on any atom is -0.481 e. The lowest BCUT2D eigenvalue weighted by Crippen LogP contribution is -2.31. The largest absolute Gasteiger partial charge is 0.481 e. The molecule has 76 valence electrons. The number of nitrogens with one attached hydrogen (secondary N) is 1. The minimum absolute atomic E-state index is 0.0760. The number of aliphatic carboxylic acids is 1. The fraction of sp³-hybridized carbons (Fsp3) is 0.750. The third kappa shape index (κ3) is 6.57. The second-order valence-electron chi connectivity index (χ2n) is 2.66. The number of carbonyl (C=O) groups is 2. The number of hydrogen-bond acceptors (Lipinski definition) is 2. The van der Waals surface area contributed by atoms with Crippen LogP contribution >= 0.6 is 15.9 Å². The molecule has 0 saturated heterocycles. The number of hydrogen-bond donors (Lipinski definition) is 2. The van der Waals surface area contributed by atoms with Crippen molar-refractivity contribution in [2.45, 2.75) is 31.0 Å². The molecule has 0 aromatic carbocycles. The van der Waals surface area contributed by atoms with E-state index in [1.807, 2.05) is 6.92 Å². The summed E-state index contributed by atoms with van der Waals surface area (Å²) in [5.41, 5.74) is 0. The Balaban J connectivity index is 3.42. The fourth-order valence-electron chi connectivity index (χ4n) is 0.747. The van der Waals surface area contributed by atoms with Crippen LogP contribution in [0.5, 0.6) is 0 Å². The van der Waals surface area contributed by atoms with Gasteiger partial charge in [-0.2, -0.15) is 0 Å². The zero-order chi connectivity index (χ0) is 10.3. The van der Waals surface area contributed by atoms with Crippen LogP contribution in [0.25, 0.3) is 0 Å². The van der Waals surface area contributed by atoms with Crippen molar-refractivity contribution >= 4 is 27.8 Å². The van der Waals surface area contributed by atoms with Crippen molar-refractivity contribution in [3.8, 4) is 0 Å². The van der Waals surface area contributed by atoms with Crippen LogP contribution in [-0.2, 0) is 9.59 Å². The van der Waals surface area contributed by atoms with Crippen LogP contribution in [0.4, 0.5) is 0 Å². The van der Waals surface area contributed by atoms with Gasteiger partial charge in [0.25, 0.3) is 0 Å². The van der Waals surface area contributed by atoms with Crippen molar-refractivity contribution in [1.82, 2.24) is 5.32 Å². The topological polar surface area (TPSA) is 66.4 Å². The van der Waals surface area contributed by atoms with E-state index in [0.29, 0.717) is 13.0 Å². The highest BCUT2D eigenvalue weighted by molar-refractivity contribution is 9.10. The first-order chi connectivity index (χ1) is 6.07. The third-order valence-electron chi connectivity index (χ3n) is 1.51. The van der Waals surface area contributed by atoms with E-state index in [1.165, 1.54) is 0 Å². The van der Waals surface area contributed by atoms with Gasteiger partial charge in [0.05, 0.1) is 4.83 Å². The Labute approximate surface area is 85.8 Å². The summed E-state index contributed by atoms with van der Waals surface area (Å²) in [5, 5.41) is 11.0. The number of rotatable bonds is 6. The lowest BCUT2D eigenvalue weighted by molar-refractivity contribution is -0.137. The molecule has 0 bridgehead atoms. The monoisotopic (exact) mass is 251 g/mol. The van der Waals surface area contributed by atoms with Gasteiger partial charge in [0.2, 0.25) is 5.91 Å². The Morgan fingerprint density at radius 2 is 2.15 bits per heavy atom. The van der Waals surface area contributed by atoms with Gasteiger partial charge in [-0.05, 0) is 12.8 Å². The molecule has 1 amide bonds. The maximum atomic E-state index is 11.1. The number of halogens is 1. The van der Waals surface area contributed by atoms with Gasteiger partial charge in [-0.1, -0.05) is 22.9 Å². The fourth-order valence-corrected chi connectivity index (χ4v) is 0.909. The van der Waals surface area contributed by atoms with Crippen LogP contribution in [0.15, 0.2) is 0 Å². The van der Waals surface area contributed by atoms with Crippen molar-refractivity contribution in [3.63, 3.8) is 0 Å². The highest BCUT2D eigenvalue weighted by atomic mass is 79.9. The maximum absolute atomic E-state index is 11.1. The summed E-state index contributed by atoms with van der Waals surface area (Å²) in [4.78, 5) is 21.1. The molecule has 1 atom stereocenters. The Hall–Kier alpha value is -0.580. The molecule has 0 spiro atoms. The second kappa shape index (κ2) is 6.88. The van der Waals surface area contributed by atoms with E-state index in [9.17, 15) is 9.59 Å². The smallest absolute Gasteiger partial charge is 0.303 e. The van der Waals surface area contributed by atoms with Crippen LogP contribution in [0.2, 0.25) is 0 Å². The SMILES string of the molecule is CCC(Br)C(=O)NCCCC(=O)O. The first kappa shape index (κ1) is 12.4. The van der Waals surface area contributed by atoms with Gasteiger partial charge in [0, 0.05) is 13.0 Å². The van der Waals surface area contributed by atoms with Gasteiger partial charge >= 0.3 is 5.97 Å². The maximum Gasteiger partial charge on any atom is 0.303 e. The van der Waals surface area contributed by atoms with Crippen LogP contribution in [0.1, 0.15) is 26.2 Å². The number of amides is 1. The molecule has 0 saturated carbocycles. The van der Waals surface area contributed by atoms with Crippen LogP contribution in [0, 0.1) is 0 Å². The normalized spacial score (nSPS) is 12.2. The van der Waals surface area contributed by atoms with Crippen molar-refractivity contribution in [1.29, 1.82) is 0 Å². The molecule has 4 nitrogen and oxygen atoms in total. The molecule has 0 radical (unpaired) electrons. The molecule has 0 aromatic rings. The van der Waals surface area contributed by atoms with Gasteiger partial charge in [-0.15, -0.1) is 0 Å². The molecule has 0 heterocycles. The average molecular weight is 252 g/mol. The van der Waals surface area contributed by atoms with Gasteiger partial charge in [0.15, 0.2) is 0 Å². The Morgan fingerprint density at radius 1 is 1.54 bits per heavy atom. The first-order valence-electron chi connectivity index (χ1n) is 4.21. The number of carbonyl (C=O) groups excluding carboxylic acids is 1. The summed E-state index contributed by atoms with van der Waals surface area (Å²) >= 11 is 3.19. The highest BCUT2D eigenvalue weighted by Gasteiger charge is 2.10. The molecule has 0 aromatic heterocycles. The number of carboxylic acid groups (broad SMARTS) is 1. The lowest BCUT2D eigenvalue weighted by atomic mass is 10.3. The highest BCUT2D eigenvalue weighted by Crippen LogP contribution is 2.03. The average Bonchev–Trinajstić information content (AvgIpc) is 2.10.